The molecule has 3 heteroatoms. The van der Waals surface area contributed by atoms with Gasteiger partial charge in [-0.2, -0.15) is 0 Å². The summed E-state index contributed by atoms with van der Waals surface area (Å²) in [5.74, 6) is -0.262. The monoisotopic (exact) mass is 232 g/mol. The molecule has 1 aliphatic heterocycles. The van der Waals surface area contributed by atoms with E-state index in [0.717, 1.165) is 24.0 Å². The molecule has 2 rings (SSSR count). The highest BCUT2D eigenvalue weighted by molar-refractivity contribution is 5.92. The second kappa shape index (κ2) is 5.17. The van der Waals surface area contributed by atoms with E-state index in [1.807, 2.05) is 6.92 Å². The molecule has 0 unspecified atom stereocenters. The van der Waals surface area contributed by atoms with Gasteiger partial charge in [0.15, 0.2) is 0 Å². The summed E-state index contributed by atoms with van der Waals surface area (Å²) in [6.45, 7) is 2.03. The Hall–Kier alpha value is -1.57. The third kappa shape index (κ3) is 2.57. The minimum atomic E-state index is -0.747. The molecule has 0 fully saturated rings. The van der Waals surface area contributed by atoms with Crippen molar-refractivity contribution in [3.63, 3.8) is 0 Å². The normalized spacial score (nSPS) is 15.6. The smallest absolute Gasteiger partial charge is 0.267 e. The van der Waals surface area contributed by atoms with Crippen LogP contribution in [0.15, 0.2) is 29.4 Å². The number of allylic oxidation sites excluding steroid dienone is 1. The quantitative estimate of drug-likeness (QED) is 0.795. The maximum atomic E-state index is 13.2. The van der Waals surface area contributed by atoms with E-state index >= 15 is 0 Å². The molecule has 88 valence electrons. The summed E-state index contributed by atoms with van der Waals surface area (Å²) in [4.78, 5) is 4.07. The first kappa shape index (κ1) is 11.9. The molecular formula is C14H15FNO+. The minimum Gasteiger partial charge on any atom is -0.382 e. The number of hydrogen-bond donors (Lipinski definition) is 1. The van der Waals surface area contributed by atoms with Crippen LogP contribution in [0.1, 0.15) is 37.0 Å². The Bertz CT molecular complexity index is 465. The summed E-state index contributed by atoms with van der Waals surface area (Å²) in [6.07, 6.45) is 5.97. The van der Waals surface area contributed by atoms with Gasteiger partial charge in [-0.25, -0.2) is 9.38 Å². The van der Waals surface area contributed by atoms with Gasteiger partial charge < -0.3 is 5.11 Å². The summed E-state index contributed by atoms with van der Waals surface area (Å²) in [5.41, 5.74) is 2.28. The van der Waals surface area contributed by atoms with E-state index in [9.17, 15) is 9.50 Å². The van der Waals surface area contributed by atoms with Crippen LogP contribution in [0.2, 0.25) is 0 Å². The van der Waals surface area contributed by atoms with Gasteiger partial charge in [0.25, 0.3) is 12.3 Å². The SMILES string of the molecule is CCCc1cc(F)ccc1[C@@H](O)C1=NC=[C+]C1. The van der Waals surface area contributed by atoms with E-state index < -0.39 is 6.10 Å². The molecule has 1 aromatic carbocycles. The Morgan fingerprint density at radius 2 is 2.35 bits per heavy atom. The van der Waals surface area contributed by atoms with Crippen molar-refractivity contribution in [3.8, 4) is 0 Å². The molecule has 1 aliphatic rings. The Kier molecular flexibility index (Phi) is 3.62. The van der Waals surface area contributed by atoms with Crippen molar-refractivity contribution >= 4 is 5.71 Å². The van der Waals surface area contributed by atoms with Crippen molar-refractivity contribution in [2.45, 2.75) is 32.3 Å². The molecule has 1 heterocycles. The van der Waals surface area contributed by atoms with Gasteiger partial charge in [-0.3, -0.25) is 0 Å². The van der Waals surface area contributed by atoms with Gasteiger partial charge in [-0.1, -0.05) is 19.4 Å². The van der Waals surface area contributed by atoms with Crippen LogP contribution in [0.4, 0.5) is 4.39 Å². The number of rotatable bonds is 4. The lowest BCUT2D eigenvalue weighted by molar-refractivity contribution is 0.244. The zero-order valence-electron chi connectivity index (χ0n) is 9.78. The molecule has 2 nitrogen and oxygen atoms in total. The topological polar surface area (TPSA) is 32.6 Å². The Labute approximate surface area is 101 Å². The molecule has 0 aromatic heterocycles. The van der Waals surface area contributed by atoms with Crippen LogP contribution in [0.3, 0.4) is 0 Å². The van der Waals surface area contributed by atoms with Crippen LogP contribution in [0.25, 0.3) is 0 Å². The van der Waals surface area contributed by atoms with Gasteiger partial charge in [0, 0.05) is 0 Å². The highest BCUT2D eigenvalue weighted by Crippen LogP contribution is 2.24. The second-order valence-corrected chi connectivity index (χ2v) is 4.13. The van der Waals surface area contributed by atoms with E-state index in [2.05, 4.69) is 11.1 Å². The van der Waals surface area contributed by atoms with E-state index in [4.69, 9.17) is 0 Å². The van der Waals surface area contributed by atoms with Crippen LogP contribution >= 0.6 is 0 Å². The highest BCUT2D eigenvalue weighted by Gasteiger charge is 2.24. The van der Waals surface area contributed by atoms with Crippen molar-refractivity contribution in [1.29, 1.82) is 0 Å². The lowest BCUT2D eigenvalue weighted by Gasteiger charge is -2.14. The Morgan fingerprint density at radius 1 is 1.53 bits per heavy atom. The number of halogens is 1. The number of benzene rings is 1. The van der Waals surface area contributed by atoms with Crippen LogP contribution in [-0.2, 0) is 6.42 Å². The minimum absolute atomic E-state index is 0.262. The molecule has 0 radical (unpaired) electrons. The zero-order valence-corrected chi connectivity index (χ0v) is 9.78. The molecular weight excluding hydrogens is 217 g/mol. The first-order chi connectivity index (χ1) is 8.22. The van der Waals surface area contributed by atoms with E-state index in [-0.39, 0.29) is 5.82 Å². The Balaban J connectivity index is 2.30. The fraction of sp³-hybridized carbons (Fsp3) is 0.357. The van der Waals surface area contributed by atoms with Gasteiger partial charge in [0.05, 0.1) is 0 Å². The molecule has 1 atom stereocenters. The Morgan fingerprint density at radius 3 is 3.00 bits per heavy atom. The molecule has 17 heavy (non-hydrogen) atoms. The summed E-state index contributed by atoms with van der Waals surface area (Å²) in [5, 5.41) is 10.2. The molecule has 0 spiro atoms. The van der Waals surface area contributed by atoms with E-state index in [1.165, 1.54) is 12.1 Å². The maximum absolute atomic E-state index is 13.2. The zero-order chi connectivity index (χ0) is 12.3. The molecule has 0 aliphatic carbocycles. The molecule has 0 bridgehead atoms. The highest BCUT2D eigenvalue weighted by atomic mass is 19.1. The fourth-order valence-corrected chi connectivity index (χ4v) is 2.00. The van der Waals surface area contributed by atoms with Crippen LogP contribution in [-0.4, -0.2) is 10.8 Å². The third-order valence-corrected chi connectivity index (χ3v) is 2.84. The average molecular weight is 232 g/mol. The number of aliphatic hydroxyl groups is 1. The fourth-order valence-electron chi connectivity index (χ4n) is 2.00. The predicted octanol–water partition coefficient (Wildman–Crippen LogP) is 2.97. The number of nitrogens with zero attached hydrogens (tertiary/aromatic N) is 1. The van der Waals surface area contributed by atoms with Gasteiger partial charge in [-0.15, -0.1) is 0 Å². The van der Waals surface area contributed by atoms with Crippen LogP contribution in [0, 0.1) is 11.9 Å². The third-order valence-electron chi connectivity index (χ3n) is 2.84. The molecule has 0 saturated heterocycles. The van der Waals surface area contributed by atoms with Crippen LogP contribution < -0.4 is 0 Å². The average Bonchev–Trinajstić information content (AvgIpc) is 2.82. The van der Waals surface area contributed by atoms with Crippen molar-refractivity contribution in [1.82, 2.24) is 0 Å². The number of hydrogen-bond acceptors (Lipinski definition) is 2. The molecule has 1 N–H and O–H groups in total. The first-order valence-corrected chi connectivity index (χ1v) is 5.80. The van der Waals surface area contributed by atoms with Gasteiger partial charge in [0.2, 0.25) is 6.42 Å². The van der Waals surface area contributed by atoms with Crippen molar-refractivity contribution in [2.24, 2.45) is 4.99 Å². The standard InChI is InChI=1S/C14H15FNO/c1-2-4-10-9-11(15)6-7-12(10)14(17)13-5-3-8-16-13/h6-9,14,17H,2,4-5H2,1H3/q+1/t14-/m1/s1. The largest absolute Gasteiger partial charge is 0.382 e. The summed E-state index contributed by atoms with van der Waals surface area (Å²) in [7, 11) is 0. The van der Waals surface area contributed by atoms with Gasteiger partial charge in [-0.05, 0) is 29.7 Å². The number of aryl methyl sites for hydroxylation is 1. The van der Waals surface area contributed by atoms with Gasteiger partial charge >= 0.3 is 0 Å². The maximum Gasteiger partial charge on any atom is 0.267 e. The van der Waals surface area contributed by atoms with Crippen molar-refractivity contribution in [3.05, 3.63) is 47.4 Å². The summed E-state index contributed by atoms with van der Waals surface area (Å²) < 4.78 is 13.2. The lowest BCUT2D eigenvalue weighted by atomic mass is 9.95. The predicted molar refractivity (Wildman–Crippen MR) is 65.2 cm³/mol. The van der Waals surface area contributed by atoms with Crippen molar-refractivity contribution in [2.75, 3.05) is 0 Å². The molecule has 0 saturated carbocycles. The first-order valence-electron chi connectivity index (χ1n) is 5.80. The molecule has 1 aromatic rings. The van der Waals surface area contributed by atoms with Crippen molar-refractivity contribution < 1.29 is 9.50 Å². The number of aliphatic imine (C=N–C) groups is 1. The summed E-state index contributed by atoms with van der Waals surface area (Å²) >= 11 is 0. The summed E-state index contributed by atoms with van der Waals surface area (Å²) in [6, 6.07) is 4.52. The second-order valence-electron chi connectivity index (χ2n) is 4.13. The molecule has 0 amide bonds. The van der Waals surface area contributed by atoms with E-state index in [0.29, 0.717) is 12.1 Å². The van der Waals surface area contributed by atoms with E-state index in [1.54, 1.807) is 12.3 Å². The van der Waals surface area contributed by atoms with Crippen LogP contribution in [0.5, 0.6) is 0 Å². The number of aliphatic hydroxyl groups excluding tert-OH is 1. The van der Waals surface area contributed by atoms with Gasteiger partial charge in [0.1, 0.15) is 17.6 Å². The lowest BCUT2D eigenvalue weighted by Crippen LogP contribution is -2.12.